The number of amides is 1. The first kappa shape index (κ1) is 24.3. The number of hydrogen-bond donors (Lipinski definition) is 1. The highest BCUT2D eigenvalue weighted by atomic mass is 16.5. The molecule has 1 atom stereocenters. The van der Waals surface area contributed by atoms with Crippen molar-refractivity contribution in [2.24, 2.45) is 0 Å². The van der Waals surface area contributed by atoms with E-state index in [0.29, 0.717) is 35.8 Å². The van der Waals surface area contributed by atoms with Crippen LogP contribution in [0.4, 0.5) is 0 Å². The SMILES string of the molecule is CCOc1cccc(/C(O)=C2/C(=O)C(=O)N(CCOC(C)C)C2c2cccc(OCC)c2)c1. The van der Waals surface area contributed by atoms with Crippen molar-refractivity contribution in [1.29, 1.82) is 0 Å². The maximum Gasteiger partial charge on any atom is 0.295 e. The van der Waals surface area contributed by atoms with Gasteiger partial charge >= 0.3 is 0 Å². The molecule has 0 spiro atoms. The predicted octanol–water partition coefficient (Wildman–Crippen LogP) is 4.33. The van der Waals surface area contributed by atoms with Crippen LogP contribution < -0.4 is 9.47 Å². The van der Waals surface area contributed by atoms with Gasteiger partial charge in [-0.2, -0.15) is 0 Å². The average Bonchev–Trinajstić information content (AvgIpc) is 3.04. The summed E-state index contributed by atoms with van der Waals surface area (Å²) in [5.74, 6) is -0.454. The lowest BCUT2D eigenvalue weighted by Crippen LogP contribution is -2.33. The van der Waals surface area contributed by atoms with Crippen LogP contribution in [0, 0.1) is 0 Å². The number of ketones is 1. The normalized spacial score (nSPS) is 17.6. The summed E-state index contributed by atoms with van der Waals surface area (Å²) in [6.45, 7) is 8.99. The Morgan fingerprint density at radius 1 is 1.00 bits per heavy atom. The van der Waals surface area contributed by atoms with Crippen molar-refractivity contribution >= 4 is 17.4 Å². The molecule has 1 aliphatic heterocycles. The van der Waals surface area contributed by atoms with Gasteiger partial charge in [0.15, 0.2) is 0 Å². The van der Waals surface area contributed by atoms with E-state index < -0.39 is 17.7 Å². The number of Topliss-reactive ketones (excluding diaryl/α,β-unsaturated/α-hetero) is 1. The number of carbonyl (C=O) groups excluding carboxylic acids is 2. The third kappa shape index (κ3) is 5.54. The molecule has 0 bridgehead atoms. The van der Waals surface area contributed by atoms with E-state index in [9.17, 15) is 14.7 Å². The van der Waals surface area contributed by atoms with Gasteiger partial charge in [-0.1, -0.05) is 24.3 Å². The second-order valence-corrected chi connectivity index (χ2v) is 7.88. The first-order valence-electron chi connectivity index (χ1n) is 11.2. The van der Waals surface area contributed by atoms with Crippen molar-refractivity contribution in [3.8, 4) is 11.5 Å². The first-order valence-corrected chi connectivity index (χ1v) is 11.2. The highest BCUT2D eigenvalue weighted by molar-refractivity contribution is 6.46. The Morgan fingerprint density at radius 3 is 2.27 bits per heavy atom. The van der Waals surface area contributed by atoms with E-state index in [2.05, 4.69) is 0 Å². The molecule has 1 amide bonds. The summed E-state index contributed by atoms with van der Waals surface area (Å²) in [4.78, 5) is 27.6. The van der Waals surface area contributed by atoms with E-state index in [1.807, 2.05) is 39.8 Å². The van der Waals surface area contributed by atoms with Gasteiger partial charge in [-0.15, -0.1) is 0 Å². The second-order valence-electron chi connectivity index (χ2n) is 7.88. The van der Waals surface area contributed by atoms with Crippen LogP contribution >= 0.6 is 0 Å². The molecule has 1 fully saturated rings. The zero-order valence-corrected chi connectivity index (χ0v) is 19.5. The molecule has 2 aromatic carbocycles. The largest absolute Gasteiger partial charge is 0.507 e. The van der Waals surface area contributed by atoms with Crippen molar-refractivity contribution in [1.82, 2.24) is 4.90 Å². The third-order valence-corrected chi connectivity index (χ3v) is 5.23. The van der Waals surface area contributed by atoms with Crippen LogP contribution in [0.15, 0.2) is 54.1 Å². The summed E-state index contributed by atoms with van der Waals surface area (Å²) >= 11 is 0. The number of ether oxygens (including phenoxy) is 3. The van der Waals surface area contributed by atoms with Gasteiger partial charge in [0, 0.05) is 12.1 Å². The number of benzene rings is 2. The smallest absolute Gasteiger partial charge is 0.295 e. The quantitative estimate of drug-likeness (QED) is 0.327. The molecular formula is C26H31NO6. The van der Waals surface area contributed by atoms with E-state index >= 15 is 0 Å². The number of carbonyl (C=O) groups is 2. The van der Waals surface area contributed by atoms with Gasteiger partial charge in [0.25, 0.3) is 11.7 Å². The number of nitrogens with zero attached hydrogens (tertiary/aromatic N) is 1. The minimum atomic E-state index is -0.767. The molecule has 176 valence electrons. The van der Waals surface area contributed by atoms with Crippen LogP contribution in [-0.2, 0) is 14.3 Å². The highest BCUT2D eigenvalue weighted by Gasteiger charge is 2.46. The van der Waals surface area contributed by atoms with Crippen LogP contribution in [0.2, 0.25) is 0 Å². The summed E-state index contributed by atoms with van der Waals surface area (Å²) < 4.78 is 16.8. The lowest BCUT2D eigenvalue weighted by molar-refractivity contribution is -0.140. The van der Waals surface area contributed by atoms with Crippen molar-refractivity contribution in [3.63, 3.8) is 0 Å². The summed E-state index contributed by atoms with van der Waals surface area (Å²) in [6.07, 6.45) is -0.0112. The molecule has 1 N–H and O–H groups in total. The molecule has 1 heterocycles. The molecule has 0 radical (unpaired) electrons. The van der Waals surface area contributed by atoms with Gasteiger partial charge in [0.05, 0.1) is 37.5 Å². The number of rotatable bonds is 10. The Labute approximate surface area is 194 Å². The molecule has 0 aliphatic carbocycles. The van der Waals surface area contributed by atoms with Crippen LogP contribution in [0.3, 0.4) is 0 Å². The van der Waals surface area contributed by atoms with E-state index in [-0.39, 0.29) is 30.6 Å². The predicted molar refractivity (Wildman–Crippen MR) is 125 cm³/mol. The fourth-order valence-electron chi connectivity index (χ4n) is 3.84. The lowest BCUT2D eigenvalue weighted by atomic mass is 9.95. The standard InChI is InChI=1S/C26H31NO6/c1-5-31-20-11-7-9-18(15-20)23-22(24(28)19-10-8-12-21(16-19)32-6-2)25(29)26(30)27(23)13-14-33-17(3)4/h7-12,15-17,23,28H,5-6,13-14H2,1-4H3/b24-22-. The number of aliphatic hydroxyl groups excluding tert-OH is 1. The summed E-state index contributed by atoms with van der Waals surface area (Å²) in [6, 6.07) is 13.3. The number of aliphatic hydroxyl groups is 1. The zero-order chi connectivity index (χ0) is 24.0. The number of likely N-dealkylation sites (tertiary alicyclic amines) is 1. The van der Waals surface area contributed by atoms with Gasteiger partial charge in [-0.25, -0.2) is 0 Å². The maximum absolute atomic E-state index is 13.1. The Balaban J connectivity index is 2.10. The van der Waals surface area contributed by atoms with E-state index in [1.165, 1.54) is 4.90 Å². The molecule has 33 heavy (non-hydrogen) atoms. The third-order valence-electron chi connectivity index (χ3n) is 5.23. The molecule has 7 nitrogen and oxygen atoms in total. The number of hydrogen-bond acceptors (Lipinski definition) is 6. The van der Waals surface area contributed by atoms with Crippen molar-refractivity contribution in [2.75, 3.05) is 26.4 Å². The summed E-state index contributed by atoms with van der Waals surface area (Å²) in [7, 11) is 0. The van der Waals surface area contributed by atoms with Crippen LogP contribution in [0.5, 0.6) is 11.5 Å². The monoisotopic (exact) mass is 453 g/mol. The molecule has 2 aromatic rings. The molecule has 1 saturated heterocycles. The van der Waals surface area contributed by atoms with E-state index in [1.54, 1.807) is 36.4 Å². The molecule has 7 heteroatoms. The van der Waals surface area contributed by atoms with E-state index in [4.69, 9.17) is 14.2 Å². The maximum atomic E-state index is 13.1. The van der Waals surface area contributed by atoms with Crippen molar-refractivity contribution in [2.45, 2.75) is 39.8 Å². The molecule has 0 saturated carbocycles. The van der Waals surface area contributed by atoms with Crippen LogP contribution in [-0.4, -0.2) is 54.2 Å². The molecular weight excluding hydrogens is 422 g/mol. The molecule has 0 aromatic heterocycles. The zero-order valence-electron chi connectivity index (χ0n) is 19.5. The summed E-state index contributed by atoms with van der Waals surface area (Å²) in [5.41, 5.74) is 1.11. The van der Waals surface area contributed by atoms with Gasteiger partial charge in [0.2, 0.25) is 0 Å². The lowest BCUT2D eigenvalue weighted by Gasteiger charge is -2.26. The molecule has 3 rings (SSSR count). The second kappa shape index (κ2) is 11.0. The fourth-order valence-corrected chi connectivity index (χ4v) is 3.84. The van der Waals surface area contributed by atoms with Crippen LogP contribution in [0.25, 0.3) is 5.76 Å². The topological polar surface area (TPSA) is 85.3 Å². The Morgan fingerprint density at radius 2 is 1.64 bits per heavy atom. The minimum Gasteiger partial charge on any atom is -0.507 e. The molecule has 1 aliphatic rings. The Kier molecular flexibility index (Phi) is 8.11. The van der Waals surface area contributed by atoms with Crippen molar-refractivity contribution in [3.05, 3.63) is 65.2 Å². The highest BCUT2D eigenvalue weighted by Crippen LogP contribution is 2.40. The average molecular weight is 454 g/mol. The minimum absolute atomic E-state index is 0.0112. The van der Waals surface area contributed by atoms with Gasteiger partial charge in [0.1, 0.15) is 17.3 Å². The summed E-state index contributed by atoms with van der Waals surface area (Å²) in [5, 5.41) is 11.2. The van der Waals surface area contributed by atoms with Crippen molar-refractivity contribution < 1.29 is 28.9 Å². The Bertz CT molecular complexity index is 1030. The van der Waals surface area contributed by atoms with E-state index in [0.717, 1.165) is 0 Å². The first-order chi connectivity index (χ1) is 15.9. The molecule has 1 unspecified atom stereocenters. The van der Waals surface area contributed by atoms with Gasteiger partial charge < -0.3 is 24.2 Å². The van der Waals surface area contributed by atoms with Crippen LogP contribution in [0.1, 0.15) is 44.9 Å². The fraction of sp³-hybridized carbons (Fsp3) is 0.385. The van der Waals surface area contributed by atoms with Gasteiger partial charge in [-0.05, 0) is 57.5 Å². The Hall–Kier alpha value is -3.32. The van der Waals surface area contributed by atoms with Gasteiger partial charge in [-0.3, -0.25) is 9.59 Å².